The largest absolute Gasteiger partial charge is 0.507 e. The zero-order valence-corrected chi connectivity index (χ0v) is 16.3. The molecule has 0 aliphatic rings. The van der Waals surface area contributed by atoms with Crippen molar-refractivity contribution in [3.8, 4) is 11.5 Å². The lowest BCUT2D eigenvalue weighted by atomic mass is 10.1. The van der Waals surface area contributed by atoms with Crippen LogP contribution in [0.2, 0.25) is 0 Å². The highest BCUT2D eigenvalue weighted by atomic mass is 35.5. The molecule has 1 aromatic rings. The van der Waals surface area contributed by atoms with E-state index in [2.05, 4.69) is 0 Å². The molecule has 0 fully saturated rings. The van der Waals surface area contributed by atoms with E-state index in [4.69, 9.17) is 21.1 Å². The predicted octanol–water partition coefficient (Wildman–Crippen LogP) is 5.15. The number of phenolic OH excluding ortho intramolecular Hbond substituents is 1. The first kappa shape index (κ1) is 23.2. The molecule has 1 N–H and O–H groups in total. The second kappa shape index (κ2) is 14.6. The molecule has 0 aromatic heterocycles. The van der Waals surface area contributed by atoms with Crippen LogP contribution in [0.5, 0.6) is 11.5 Å². The molecule has 0 spiro atoms. The van der Waals surface area contributed by atoms with Crippen LogP contribution in [0, 0.1) is 0 Å². The summed E-state index contributed by atoms with van der Waals surface area (Å²) in [7, 11) is 1.58. The van der Waals surface area contributed by atoms with Crippen LogP contribution < -0.4 is 4.74 Å². The predicted molar refractivity (Wildman–Crippen MR) is 104 cm³/mol. The number of carbonyl (C=O) groups is 1. The van der Waals surface area contributed by atoms with Crippen molar-refractivity contribution in [1.29, 1.82) is 0 Å². The van der Waals surface area contributed by atoms with Gasteiger partial charge in [0.1, 0.15) is 23.7 Å². The second-order valence-electron chi connectivity index (χ2n) is 5.20. The summed E-state index contributed by atoms with van der Waals surface area (Å²) in [6.07, 6.45) is 8.73. The summed E-state index contributed by atoms with van der Waals surface area (Å²) < 4.78 is 10.3. The highest BCUT2D eigenvalue weighted by Gasteiger charge is 2.16. The van der Waals surface area contributed by atoms with Crippen molar-refractivity contribution in [3.63, 3.8) is 0 Å². The summed E-state index contributed by atoms with van der Waals surface area (Å²) in [4.78, 5) is 12.1. The van der Waals surface area contributed by atoms with E-state index in [1.54, 1.807) is 25.3 Å². The van der Waals surface area contributed by atoms with Gasteiger partial charge in [-0.3, -0.25) is 4.79 Å². The van der Waals surface area contributed by atoms with Crippen LogP contribution in [0.25, 0.3) is 0 Å². The molecule has 0 saturated carbocycles. The fraction of sp³-hybridized carbons (Fsp3) is 0.450. The van der Waals surface area contributed by atoms with Crippen LogP contribution in [0.4, 0.5) is 0 Å². The topological polar surface area (TPSA) is 55.8 Å². The number of hydrogen-bond donors (Lipinski definition) is 1. The van der Waals surface area contributed by atoms with Gasteiger partial charge in [0.2, 0.25) is 0 Å². The molecule has 0 aliphatic carbocycles. The Hall–Kier alpha value is -1.78. The maximum atomic E-state index is 12.1. The van der Waals surface area contributed by atoms with Crippen molar-refractivity contribution in [2.75, 3.05) is 20.3 Å². The number of methoxy groups -OCH3 is 1. The van der Waals surface area contributed by atoms with Crippen LogP contribution in [0.15, 0.2) is 42.5 Å². The summed E-state index contributed by atoms with van der Waals surface area (Å²) in [5.74, 6) is 0.187. The van der Waals surface area contributed by atoms with Gasteiger partial charge in [0, 0.05) is 18.9 Å². The molecule has 5 heteroatoms. The monoisotopic (exact) mass is 368 g/mol. The Morgan fingerprint density at radius 1 is 1.32 bits per heavy atom. The van der Waals surface area contributed by atoms with E-state index in [-0.39, 0.29) is 28.9 Å². The van der Waals surface area contributed by atoms with Gasteiger partial charge < -0.3 is 14.6 Å². The molecule has 25 heavy (non-hydrogen) atoms. The van der Waals surface area contributed by atoms with Gasteiger partial charge in [-0.2, -0.15) is 0 Å². The summed E-state index contributed by atoms with van der Waals surface area (Å²) in [5.41, 5.74) is 0.236. The minimum absolute atomic E-state index is 0.0511. The normalized spacial score (nSPS) is 12.0. The Labute approximate surface area is 156 Å². The third kappa shape index (κ3) is 10.6. The van der Waals surface area contributed by atoms with Crippen LogP contribution in [-0.2, 0) is 4.74 Å². The quantitative estimate of drug-likeness (QED) is 0.283. The van der Waals surface area contributed by atoms with E-state index in [1.807, 2.05) is 39.0 Å². The molecule has 1 atom stereocenters. The van der Waals surface area contributed by atoms with Crippen LogP contribution >= 0.6 is 11.6 Å². The molecule has 0 amide bonds. The maximum Gasteiger partial charge on any atom is 0.174 e. The third-order valence-electron chi connectivity index (χ3n) is 2.99. The van der Waals surface area contributed by atoms with E-state index in [1.165, 1.54) is 6.07 Å². The molecule has 140 valence electrons. The van der Waals surface area contributed by atoms with Gasteiger partial charge in [-0.1, -0.05) is 37.3 Å². The van der Waals surface area contributed by atoms with Crippen molar-refractivity contribution in [3.05, 3.63) is 48.1 Å². The molecule has 4 nitrogen and oxygen atoms in total. The van der Waals surface area contributed by atoms with Crippen molar-refractivity contribution in [1.82, 2.24) is 0 Å². The van der Waals surface area contributed by atoms with Crippen LogP contribution in [0.3, 0.4) is 0 Å². The van der Waals surface area contributed by atoms with Gasteiger partial charge in [-0.15, -0.1) is 11.6 Å². The number of phenols is 1. The average Bonchev–Trinajstić information content (AvgIpc) is 2.56. The lowest BCUT2D eigenvalue weighted by Gasteiger charge is -2.11. The highest BCUT2D eigenvalue weighted by Crippen LogP contribution is 2.28. The van der Waals surface area contributed by atoms with E-state index in [0.717, 1.165) is 6.42 Å². The van der Waals surface area contributed by atoms with Crippen molar-refractivity contribution in [2.45, 2.75) is 39.0 Å². The number of hydrogen-bond acceptors (Lipinski definition) is 4. The van der Waals surface area contributed by atoms with Crippen molar-refractivity contribution in [2.24, 2.45) is 0 Å². The van der Waals surface area contributed by atoms with Gasteiger partial charge in [0.25, 0.3) is 0 Å². The molecular formula is C20H29ClO4. The first-order chi connectivity index (χ1) is 12.0. The number of alkyl halides is 1. The Morgan fingerprint density at radius 2 is 2.04 bits per heavy atom. The highest BCUT2D eigenvalue weighted by molar-refractivity contribution is 6.21. The molecule has 1 unspecified atom stereocenters. The van der Waals surface area contributed by atoms with E-state index >= 15 is 0 Å². The number of ether oxygens (including phenoxy) is 2. The number of Topliss-reactive ketones (excluding diaryl/α,β-unsaturated/α-hetero) is 1. The van der Waals surface area contributed by atoms with E-state index < -0.39 is 0 Å². The first-order valence-electron chi connectivity index (χ1n) is 8.36. The van der Waals surface area contributed by atoms with E-state index in [0.29, 0.717) is 19.0 Å². The Kier molecular flexibility index (Phi) is 13.5. The number of rotatable bonds is 9. The van der Waals surface area contributed by atoms with Gasteiger partial charge in [0.05, 0.1) is 6.61 Å². The van der Waals surface area contributed by atoms with Gasteiger partial charge >= 0.3 is 0 Å². The van der Waals surface area contributed by atoms with Crippen LogP contribution in [-0.4, -0.2) is 36.6 Å². The van der Waals surface area contributed by atoms with Crippen molar-refractivity contribution >= 4 is 17.4 Å². The summed E-state index contributed by atoms with van der Waals surface area (Å²) in [6.45, 7) is 6.66. The summed E-state index contributed by atoms with van der Waals surface area (Å²) >= 11 is 5.49. The summed E-state index contributed by atoms with van der Waals surface area (Å²) in [6, 6.07) is 4.81. The summed E-state index contributed by atoms with van der Waals surface area (Å²) in [5, 5.41) is 10.0. The van der Waals surface area contributed by atoms with Gasteiger partial charge in [-0.25, -0.2) is 0 Å². The third-order valence-corrected chi connectivity index (χ3v) is 3.14. The smallest absolute Gasteiger partial charge is 0.174 e. The number of halogens is 1. The average molecular weight is 369 g/mol. The fourth-order valence-electron chi connectivity index (χ4n) is 1.88. The Morgan fingerprint density at radius 3 is 2.56 bits per heavy atom. The molecule has 0 saturated heterocycles. The lowest BCUT2D eigenvalue weighted by molar-refractivity contribution is 0.0984. The SMILES string of the molecule is C/C=C\C(C)Cl.CC/C=C/CC(=O)c1c(O)cccc1OCCOC. The molecule has 1 rings (SSSR count). The Balaban J connectivity index is 0.000000823. The second-order valence-corrected chi connectivity index (χ2v) is 5.89. The van der Waals surface area contributed by atoms with Gasteiger partial charge in [0.15, 0.2) is 5.78 Å². The van der Waals surface area contributed by atoms with Crippen molar-refractivity contribution < 1.29 is 19.4 Å². The standard InChI is InChI=1S/C15H20O4.C5H9Cl/c1-3-4-5-7-12(16)15-13(17)8-6-9-14(15)19-11-10-18-2;1-3-4-5(2)6/h4-6,8-9,17H,3,7,10-11H2,1-2H3;3-5H,1-2H3/b5-4+;4-3-. The molecular weight excluding hydrogens is 340 g/mol. The number of ketones is 1. The van der Waals surface area contributed by atoms with Crippen LogP contribution in [0.1, 0.15) is 44.0 Å². The zero-order valence-electron chi connectivity index (χ0n) is 15.5. The minimum atomic E-state index is -0.157. The first-order valence-corrected chi connectivity index (χ1v) is 8.80. The zero-order chi connectivity index (χ0) is 19.1. The lowest BCUT2D eigenvalue weighted by Crippen LogP contribution is -2.08. The Bertz CT molecular complexity index is 551. The molecule has 0 radical (unpaired) electrons. The van der Waals surface area contributed by atoms with Gasteiger partial charge in [-0.05, 0) is 32.4 Å². The molecule has 0 aliphatic heterocycles. The molecule has 0 bridgehead atoms. The maximum absolute atomic E-state index is 12.1. The number of benzene rings is 1. The number of aromatic hydroxyl groups is 1. The molecule has 1 aromatic carbocycles. The number of allylic oxidation sites excluding steroid dienone is 4. The molecule has 0 heterocycles. The van der Waals surface area contributed by atoms with E-state index in [9.17, 15) is 9.90 Å². The fourth-order valence-corrected chi connectivity index (χ4v) is 2.02. The number of carbonyl (C=O) groups excluding carboxylic acids is 1. The minimum Gasteiger partial charge on any atom is -0.507 e.